The predicted octanol–water partition coefficient (Wildman–Crippen LogP) is 3.88. The highest BCUT2D eigenvalue weighted by atomic mass is 14.9. The molecule has 0 saturated heterocycles. The summed E-state index contributed by atoms with van der Waals surface area (Å²) >= 11 is 0. The zero-order valence-corrected chi connectivity index (χ0v) is 11.9. The van der Waals surface area contributed by atoms with Gasteiger partial charge in [0.2, 0.25) is 0 Å². The lowest BCUT2D eigenvalue weighted by Gasteiger charge is -2.23. The summed E-state index contributed by atoms with van der Waals surface area (Å²) < 4.78 is 0. The Labute approximate surface area is 115 Å². The van der Waals surface area contributed by atoms with Crippen molar-refractivity contribution in [3.8, 4) is 0 Å². The molecule has 0 radical (unpaired) electrons. The van der Waals surface area contributed by atoms with Crippen LogP contribution in [0.4, 0.5) is 0 Å². The zero-order valence-electron chi connectivity index (χ0n) is 11.9. The fourth-order valence-corrected chi connectivity index (χ4v) is 2.32. The molecule has 0 aliphatic heterocycles. The number of nitrogens with zero attached hydrogens (tertiary/aromatic N) is 1. The maximum Gasteiger partial charge on any atom is 0.0346 e. The van der Waals surface area contributed by atoms with Crippen LogP contribution in [-0.4, -0.2) is 4.98 Å². The van der Waals surface area contributed by atoms with Gasteiger partial charge in [-0.3, -0.25) is 4.98 Å². The van der Waals surface area contributed by atoms with Gasteiger partial charge in [-0.05, 0) is 35.6 Å². The SMILES string of the molecule is Cc1cnccc1CNC(c1ccccc1)C(C)C. The van der Waals surface area contributed by atoms with Crippen LogP contribution >= 0.6 is 0 Å². The number of rotatable bonds is 5. The van der Waals surface area contributed by atoms with E-state index in [1.54, 1.807) is 0 Å². The molecule has 1 N–H and O–H groups in total. The molecule has 0 bridgehead atoms. The van der Waals surface area contributed by atoms with Crippen molar-refractivity contribution in [3.05, 3.63) is 65.5 Å². The van der Waals surface area contributed by atoms with Crippen molar-refractivity contribution in [1.29, 1.82) is 0 Å². The standard InChI is InChI=1S/C17H22N2/c1-13(2)17(15-7-5-4-6-8-15)19-12-16-9-10-18-11-14(16)3/h4-11,13,17,19H,12H2,1-3H3. The summed E-state index contributed by atoms with van der Waals surface area (Å²) in [5, 5.41) is 3.66. The molecule has 0 amide bonds. The molecule has 0 aliphatic carbocycles. The first-order chi connectivity index (χ1) is 9.18. The third kappa shape index (κ3) is 3.65. The van der Waals surface area contributed by atoms with Crippen molar-refractivity contribution < 1.29 is 0 Å². The molecule has 100 valence electrons. The van der Waals surface area contributed by atoms with E-state index >= 15 is 0 Å². The third-order valence-corrected chi connectivity index (χ3v) is 3.47. The van der Waals surface area contributed by atoms with Crippen LogP contribution in [0.5, 0.6) is 0 Å². The Morgan fingerprint density at radius 1 is 1.11 bits per heavy atom. The van der Waals surface area contributed by atoms with Crippen molar-refractivity contribution in [2.24, 2.45) is 5.92 Å². The van der Waals surface area contributed by atoms with E-state index < -0.39 is 0 Å². The maximum atomic E-state index is 4.14. The van der Waals surface area contributed by atoms with Crippen LogP contribution in [0.15, 0.2) is 48.8 Å². The van der Waals surface area contributed by atoms with Crippen LogP contribution < -0.4 is 5.32 Å². The number of hydrogen-bond donors (Lipinski definition) is 1. The first-order valence-electron chi connectivity index (χ1n) is 6.86. The Morgan fingerprint density at radius 3 is 2.47 bits per heavy atom. The van der Waals surface area contributed by atoms with Gasteiger partial charge in [0.25, 0.3) is 0 Å². The van der Waals surface area contributed by atoms with Crippen molar-refractivity contribution in [1.82, 2.24) is 10.3 Å². The Kier molecular flexibility index (Phi) is 4.69. The normalized spacial score (nSPS) is 12.6. The molecule has 0 aliphatic rings. The first kappa shape index (κ1) is 13.8. The molecule has 19 heavy (non-hydrogen) atoms. The molecule has 0 spiro atoms. The smallest absolute Gasteiger partial charge is 0.0346 e. The van der Waals surface area contributed by atoms with Crippen molar-refractivity contribution in [2.75, 3.05) is 0 Å². The fourth-order valence-electron chi connectivity index (χ4n) is 2.32. The predicted molar refractivity (Wildman–Crippen MR) is 79.8 cm³/mol. The fraction of sp³-hybridized carbons (Fsp3) is 0.353. The van der Waals surface area contributed by atoms with Crippen LogP contribution in [0.3, 0.4) is 0 Å². The molecule has 0 saturated carbocycles. The van der Waals surface area contributed by atoms with Gasteiger partial charge in [-0.1, -0.05) is 44.2 Å². The van der Waals surface area contributed by atoms with Crippen molar-refractivity contribution >= 4 is 0 Å². The molecule has 1 heterocycles. The number of aryl methyl sites for hydroxylation is 1. The van der Waals surface area contributed by atoms with E-state index in [2.05, 4.69) is 67.5 Å². The number of benzene rings is 1. The summed E-state index contributed by atoms with van der Waals surface area (Å²) in [5.74, 6) is 0.560. The lowest BCUT2D eigenvalue weighted by molar-refractivity contribution is 0.410. The minimum absolute atomic E-state index is 0.383. The molecular weight excluding hydrogens is 232 g/mol. The minimum atomic E-state index is 0.383. The van der Waals surface area contributed by atoms with E-state index in [0.717, 1.165) is 6.54 Å². The van der Waals surface area contributed by atoms with Crippen molar-refractivity contribution in [2.45, 2.75) is 33.4 Å². The molecule has 1 unspecified atom stereocenters. The van der Waals surface area contributed by atoms with Gasteiger partial charge in [0.1, 0.15) is 0 Å². The van der Waals surface area contributed by atoms with Crippen LogP contribution in [0.1, 0.15) is 36.6 Å². The summed E-state index contributed by atoms with van der Waals surface area (Å²) in [6, 6.07) is 13.1. The lowest BCUT2D eigenvalue weighted by Crippen LogP contribution is -2.25. The van der Waals surface area contributed by atoms with Crippen LogP contribution in [0, 0.1) is 12.8 Å². The Bertz CT molecular complexity index is 506. The minimum Gasteiger partial charge on any atom is -0.306 e. The van der Waals surface area contributed by atoms with E-state index in [4.69, 9.17) is 0 Å². The highest BCUT2D eigenvalue weighted by Gasteiger charge is 2.14. The van der Waals surface area contributed by atoms with Gasteiger partial charge in [-0.15, -0.1) is 0 Å². The summed E-state index contributed by atoms with van der Waals surface area (Å²) in [6.45, 7) is 7.50. The van der Waals surface area contributed by atoms with Gasteiger partial charge in [-0.2, -0.15) is 0 Å². The number of hydrogen-bond acceptors (Lipinski definition) is 2. The summed E-state index contributed by atoms with van der Waals surface area (Å²) in [4.78, 5) is 4.14. The van der Waals surface area contributed by atoms with Crippen LogP contribution in [-0.2, 0) is 6.54 Å². The highest BCUT2D eigenvalue weighted by molar-refractivity contribution is 5.23. The van der Waals surface area contributed by atoms with E-state index in [-0.39, 0.29) is 0 Å². The van der Waals surface area contributed by atoms with E-state index in [1.807, 2.05) is 12.4 Å². The quantitative estimate of drug-likeness (QED) is 0.876. The lowest BCUT2D eigenvalue weighted by atomic mass is 9.95. The summed E-state index contributed by atoms with van der Waals surface area (Å²) in [6.07, 6.45) is 3.78. The van der Waals surface area contributed by atoms with E-state index in [0.29, 0.717) is 12.0 Å². The van der Waals surface area contributed by atoms with Gasteiger partial charge >= 0.3 is 0 Å². The molecule has 1 aromatic heterocycles. The number of nitrogens with one attached hydrogen (secondary N) is 1. The second-order valence-corrected chi connectivity index (χ2v) is 5.32. The van der Waals surface area contributed by atoms with Gasteiger partial charge < -0.3 is 5.32 Å². The summed E-state index contributed by atoms with van der Waals surface area (Å²) in [5.41, 5.74) is 3.91. The monoisotopic (exact) mass is 254 g/mol. The third-order valence-electron chi connectivity index (χ3n) is 3.47. The Morgan fingerprint density at radius 2 is 1.84 bits per heavy atom. The molecule has 2 rings (SSSR count). The topological polar surface area (TPSA) is 24.9 Å². The Balaban J connectivity index is 2.09. The van der Waals surface area contributed by atoms with Gasteiger partial charge in [0.05, 0.1) is 0 Å². The Hall–Kier alpha value is -1.67. The highest BCUT2D eigenvalue weighted by Crippen LogP contribution is 2.22. The average molecular weight is 254 g/mol. The molecule has 2 nitrogen and oxygen atoms in total. The van der Waals surface area contributed by atoms with Gasteiger partial charge in [0.15, 0.2) is 0 Å². The van der Waals surface area contributed by atoms with Crippen LogP contribution in [0.25, 0.3) is 0 Å². The molecule has 1 aromatic carbocycles. The molecule has 0 fully saturated rings. The van der Waals surface area contributed by atoms with Crippen molar-refractivity contribution in [3.63, 3.8) is 0 Å². The largest absolute Gasteiger partial charge is 0.306 e. The first-order valence-corrected chi connectivity index (χ1v) is 6.86. The molecular formula is C17H22N2. The number of aromatic nitrogens is 1. The van der Waals surface area contributed by atoms with E-state index in [1.165, 1.54) is 16.7 Å². The summed E-state index contributed by atoms with van der Waals surface area (Å²) in [7, 11) is 0. The average Bonchev–Trinajstić information content (AvgIpc) is 2.42. The zero-order chi connectivity index (χ0) is 13.7. The number of pyridine rings is 1. The van der Waals surface area contributed by atoms with E-state index in [9.17, 15) is 0 Å². The van der Waals surface area contributed by atoms with Crippen LogP contribution in [0.2, 0.25) is 0 Å². The second kappa shape index (κ2) is 6.48. The second-order valence-electron chi connectivity index (χ2n) is 5.32. The van der Waals surface area contributed by atoms with Gasteiger partial charge in [-0.25, -0.2) is 0 Å². The van der Waals surface area contributed by atoms with Gasteiger partial charge in [0, 0.05) is 25.0 Å². The maximum absolute atomic E-state index is 4.14. The molecule has 2 aromatic rings. The molecule has 1 atom stereocenters. The molecule has 2 heteroatoms.